The number of halogens is 3. The minimum absolute atomic E-state index is 0.0769. The van der Waals surface area contributed by atoms with Gasteiger partial charge in [0, 0.05) is 12.1 Å². The Bertz CT molecular complexity index is 908. The molecule has 0 radical (unpaired) electrons. The molecule has 0 aliphatic heterocycles. The van der Waals surface area contributed by atoms with E-state index in [9.17, 15) is 23.3 Å². The minimum atomic E-state index is -4.43. The van der Waals surface area contributed by atoms with Crippen LogP contribution in [0.4, 0.5) is 18.9 Å². The maximum atomic E-state index is 12.6. The Morgan fingerprint density at radius 3 is 2.31 bits per heavy atom. The molecule has 0 amide bonds. The number of alkyl halides is 3. The zero-order valence-electron chi connectivity index (χ0n) is 12.9. The molecule has 11 heteroatoms. The molecule has 0 atom stereocenters. The highest BCUT2D eigenvalue weighted by Crippen LogP contribution is 2.29. The second-order valence-electron chi connectivity index (χ2n) is 5.09. The molecule has 2 aromatic carbocycles. The third-order valence-corrected chi connectivity index (χ3v) is 3.39. The van der Waals surface area contributed by atoms with Crippen molar-refractivity contribution in [2.75, 3.05) is 0 Å². The van der Waals surface area contributed by atoms with E-state index in [0.29, 0.717) is 11.4 Å². The van der Waals surface area contributed by atoms with E-state index in [0.717, 1.165) is 12.1 Å². The van der Waals surface area contributed by atoms with Crippen molar-refractivity contribution in [1.29, 1.82) is 0 Å². The van der Waals surface area contributed by atoms with Crippen LogP contribution in [0.5, 0.6) is 5.75 Å². The van der Waals surface area contributed by atoms with E-state index in [1.807, 2.05) is 0 Å². The average molecular weight is 365 g/mol. The summed E-state index contributed by atoms with van der Waals surface area (Å²) in [5, 5.41) is 21.6. The summed E-state index contributed by atoms with van der Waals surface area (Å²) >= 11 is 0. The molecule has 3 aromatic rings. The van der Waals surface area contributed by atoms with Crippen molar-refractivity contribution in [3.63, 3.8) is 0 Å². The second kappa shape index (κ2) is 6.78. The van der Waals surface area contributed by atoms with Gasteiger partial charge in [-0.1, -0.05) is 0 Å². The number of non-ortho nitro benzene ring substituents is 1. The fourth-order valence-corrected chi connectivity index (χ4v) is 2.10. The van der Waals surface area contributed by atoms with Crippen LogP contribution in [-0.2, 0) is 12.8 Å². The van der Waals surface area contributed by atoms with Crippen molar-refractivity contribution in [3.8, 4) is 11.4 Å². The van der Waals surface area contributed by atoms with Crippen LogP contribution in [0.15, 0.2) is 48.5 Å². The van der Waals surface area contributed by atoms with Crippen LogP contribution in [-0.4, -0.2) is 25.1 Å². The van der Waals surface area contributed by atoms with Crippen LogP contribution >= 0.6 is 0 Å². The lowest BCUT2D eigenvalue weighted by molar-refractivity contribution is -0.384. The summed E-state index contributed by atoms with van der Waals surface area (Å²) in [6.45, 7) is -0.0775. The molecule has 3 rings (SSSR count). The molecule has 0 aliphatic carbocycles. The highest BCUT2D eigenvalue weighted by Gasteiger charge is 2.30. The summed E-state index contributed by atoms with van der Waals surface area (Å²) < 4.78 is 44.6. The number of hydrogen-bond acceptors (Lipinski definition) is 6. The molecule has 0 aliphatic rings. The Morgan fingerprint density at radius 2 is 1.73 bits per heavy atom. The van der Waals surface area contributed by atoms with Gasteiger partial charge in [-0.2, -0.15) is 17.9 Å². The van der Waals surface area contributed by atoms with Gasteiger partial charge in [-0.3, -0.25) is 10.1 Å². The molecule has 0 spiro atoms. The molecular formula is C15H10F3N5O3. The van der Waals surface area contributed by atoms with E-state index in [2.05, 4.69) is 15.5 Å². The summed E-state index contributed by atoms with van der Waals surface area (Å²) in [7, 11) is 0. The van der Waals surface area contributed by atoms with Crippen molar-refractivity contribution in [3.05, 3.63) is 70.0 Å². The van der Waals surface area contributed by atoms with Crippen LogP contribution in [0.2, 0.25) is 0 Å². The monoisotopic (exact) mass is 365 g/mol. The summed E-state index contributed by atoms with van der Waals surface area (Å²) in [6, 6.07) is 9.76. The standard InChI is InChI=1S/C15H10F3N5O3/c16-15(17,18)10-1-3-11(4-2-10)22-14(19-20-21-22)9-26-13-7-5-12(6-8-13)23(24)25/h1-8H,9H2. The molecule has 134 valence electrons. The molecular weight excluding hydrogens is 355 g/mol. The predicted octanol–water partition coefficient (Wildman–Crippen LogP) is 3.17. The lowest BCUT2D eigenvalue weighted by Crippen LogP contribution is -2.08. The van der Waals surface area contributed by atoms with Crippen molar-refractivity contribution in [2.24, 2.45) is 0 Å². The Morgan fingerprint density at radius 1 is 1.08 bits per heavy atom. The summed E-state index contributed by atoms with van der Waals surface area (Å²) in [5.74, 6) is 0.612. The van der Waals surface area contributed by atoms with Gasteiger partial charge in [-0.05, 0) is 46.8 Å². The molecule has 0 N–H and O–H groups in total. The van der Waals surface area contributed by atoms with Gasteiger partial charge in [-0.15, -0.1) is 5.10 Å². The first kappa shape index (κ1) is 17.3. The number of ether oxygens (including phenoxy) is 1. The molecule has 1 aromatic heterocycles. The van der Waals surface area contributed by atoms with E-state index in [1.165, 1.54) is 41.1 Å². The van der Waals surface area contributed by atoms with Crippen LogP contribution in [0.25, 0.3) is 5.69 Å². The first-order chi connectivity index (χ1) is 12.3. The number of aromatic nitrogens is 4. The molecule has 0 bridgehead atoms. The molecule has 0 saturated heterocycles. The van der Waals surface area contributed by atoms with Crippen molar-refractivity contribution < 1.29 is 22.8 Å². The summed E-state index contributed by atoms with van der Waals surface area (Å²) in [4.78, 5) is 10.1. The van der Waals surface area contributed by atoms with Gasteiger partial charge in [0.2, 0.25) is 0 Å². The Kier molecular flexibility index (Phi) is 4.52. The maximum Gasteiger partial charge on any atom is 0.416 e. The third-order valence-electron chi connectivity index (χ3n) is 3.39. The zero-order chi connectivity index (χ0) is 18.7. The van der Waals surface area contributed by atoms with Gasteiger partial charge in [0.1, 0.15) is 12.4 Å². The number of rotatable bonds is 5. The van der Waals surface area contributed by atoms with E-state index in [-0.39, 0.29) is 18.1 Å². The fourth-order valence-electron chi connectivity index (χ4n) is 2.10. The Balaban J connectivity index is 1.73. The van der Waals surface area contributed by atoms with Crippen molar-refractivity contribution in [1.82, 2.24) is 20.2 Å². The van der Waals surface area contributed by atoms with E-state index in [1.54, 1.807) is 0 Å². The maximum absolute atomic E-state index is 12.6. The zero-order valence-corrected chi connectivity index (χ0v) is 12.9. The van der Waals surface area contributed by atoms with Crippen LogP contribution < -0.4 is 4.74 Å². The lowest BCUT2D eigenvalue weighted by atomic mass is 10.2. The topological polar surface area (TPSA) is 96.0 Å². The first-order valence-corrected chi connectivity index (χ1v) is 7.17. The van der Waals surface area contributed by atoms with Gasteiger partial charge >= 0.3 is 6.18 Å². The SMILES string of the molecule is O=[N+]([O-])c1ccc(OCc2nnnn2-c2ccc(C(F)(F)F)cc2)cc1. The van der Waals surface area contributed by atoms with Gasteiger partial charge < -0.3 is 4.74 Å². The van der Waals surface area contributed by atoms with E-state index >= 15 is 0 Å². The number of nitrogens with zero attached hydrogens (tertiary/aromatic N) is 5. The quantitative estimate of drug-likeness (QED) is 0.509. The lowest BCUT2D eigenvalue weighted by Gasteiger charge is -2.09. The molecule has 0 unspecified atom stereocenters. The number of benzene rings is 2. The number of nitro benzene ring substituents is 1. The van der Waals surface area contributed by atoms with E-state index in [4.69, 9.17) is 4.74 Å². The van der Waals surface area contributed by atoms with Crippen LogP contribution in [0, 0.1) is 10.1 Å². The number of hydrogen-bond donors (Lipinski definition) is 0. The number of nitro groups is 1. The second-order valence-corrected chi connectivity index (χ2v) is 5.09. The smallest absolute Gasteiger partial charge is 0.416 e. The summed E-state index contributed by atoms with van der Waals surface area (Å²) in [6.07, 6.45) is -4.43. The van der Waals surface area contributed by atoms with Gasteiger partial charge in [-0.25, -0.2) is 0 Å². The molecule has 8 nitrogen and oxygen atoms in total. The van der Waals surface area contributed by atoms with Gasteiger partial charge in [0.15, 0.2) is 5.82 Å². The fraction of sp³-hybridized carbons (Fsp3) is 0.133. The van der Waals surface area contributed by atoms with Crippen molar-refractivity contribution in [2.45, 2.75) is 12.8 Å². The van der Waals surface area contributed by atoms with E-state index < -0.39 is 16.7 Å². The molecule has 26 heavy (non-hydrogen) atoms. The minimum Gasteiger partial charge on any atom is -0.486 e. The van der Waals surface area contributed by atoms with Gasteiger partial charge in [0.25, 0.3) is 5.69 Å². The summed E-state index contributed by atoms with van der Waals surface area (Å²) in [5.41, 5.74) is -0.518. The van der Waals surface area contributed by atoms with Crippen LogP contribution in [0.3, 0.4) is 0 Å². The van der Waals surface area contributed by atoms with Crippen LogP contribution in [0.1, 0.15) is 11.4 Å². The van der Waals surface area contributed by atoms with Crippen molar-refractivity contribution >= 4 is 5.69 Å². The number of tetrazole rings is 1. The highest BCUT2D eigenvalue weighted by atomic mass is 19.4. The molecule has 0 saturated carbocycles. The molecule has 1 heterocycles. The Hall–Kier alpha value is -3.50. The first-order valence-electron chi connectivity index (χ1n) is 7.17. The third kappa shape index (κ3) is 3.77. The normalized spacial score (nSPS) is 11.3. The predicted molar refractivity (Wildman–Crippen MR) is 81.6 cm³/mol. The highest BCUT2D eigenvalue weighted by molar-refractivity contribution is 5.37. The molecule has 0 fully saturated rings. The largest absolute Gasteiger partial charge is 0.486 e. The Labute approximate surface area is 144 Å². The van der Waals surface area contributed by atoms with Gasteiger partial charge in [0.05, 0.1) is 16.2 Å². The average Bonchev–Trinajstić information content (AvgIpc) is 3.08.